The molecule has 1 rings (SSSR count). The lowest BCUT2D eigenvalue weighted by atomic mass is 10.3. The van der Waals surface area contributed by atoms with Crippen LogP contribution in [0.4, 0.5) is 0 Å². The summed E-state index contributed by atoms with van der Waals surface area (Å²) in [6.07, 6.45) is 0.750. The zero-order valence-corrected chi connectivity index (χ0v) is 6.57. The van der Waals surface area contributed by atoms with Gasteiger partial charge in [0, 0.05) is 18.2 Å². The molecule has 2 nitrogen and oxygen atoms in total. The number of β-lactam (4-membered cyclic amide) rings is 1. The predicted octanol–water partition coefficient (Wildman–Crippen LogP) is 1.28. The molecule has 9 heavy (non-hydrogen) atoms. The summed E-state index contributed by atoms with van der Waals surface area (Å²) >= 11 is 1.63. The molecular weight excluding hydrogens is 134 g/mol. The highest BCUT2D eigenvalue weighted by atomic mass is 32.2. The predicted molar refractivity (Wildman–Crippen MR) is 39.1 cm³/mol. The van der Waals surface area contributed by atoms with Crippen LogP contribution in [0.3, 0.4) is 0 Å². The Morgan fingerprint density at radius 1 is 1.67 bits per heavy atom. The average molecular weight is 145 g/mol. The molecule has 0 radical (unpaired) electrons. The van der Waals surface area contributed by atoms with Crippen LogP contribution in [0.25, 0.3) is 0 Å². The van der Waals surface area contributed by atoms with E-state index in [4.69, 9.17) is 0 Å². The smallest absolute Gasteiger partial charge is 0.234 e. The van der Waals surface area contributed by atoms with Crippen molar-refractivity contribution in [2.75, 3.05) is 6.54 Å². The maximum Gasteiger partial charge on any atom is 0.234 e. The van der Waals surface area contributed by atoms with Gasteiger partial charge < -0.3 is 0 Å². The van der Waals surface area contributed by atoms with Gasteiger partial charge in [0.2, 0.25) is 5.91 Å². The van der Waals surface area contributed by atoms with Crippen molar-refractivity contribution in [3.8, 4) is 0 Å². The van der Waals surface area contributed by atoms with Gasteiger partial charge in [0.1, 0.15) is 0 Å². The summed E-state index contributed by atoms with van der Waals surface area (Å²) in [6, 6.07) is 0. The standard InChI is InChI=1S/C6H11NOS/c1-5(2)9-7-4-3-6(7)8/h5H,3-4H2,1-2H3. The highest BCUT2D eigenvalue weighted by molar-refractivity contribution is 7.98. The van der Waals surface area contributed by atoms with Crippen LogP contribution in [-0.4, -0.2) is 22.0 Å². The number of hydrogen-bond donors (Lipinski definition) is 0. The van der Waals surface area contributed by atoms with E-state index in [1.165, 1.54) is 0 Å². The number of carbonyl (C=O) groups excluding carboxylic acids is 1. The maximum atomic E-state index is 10.7. The third-order valence-electron chi connectivity index (χ3n) is 1.14. The summed E-state index contributed by atoms with van der Waals surface area (Å²) in [5.41, 5.74) is 0. The first-order valence-electron chi connectivity index (χ1n) is 3.17. The van der Waals surface area contributed by atoms with E-state index < -0.39 is 0 Å². The molecule has 3 heteroatoms. The molecule has 1 aliphatic heterocycles. The van der Waals surface area contributed by atoms with Crippen LogP contribution in [0.15, 0.2) is 0 Å². The zero-order valence-electron chi connectivity index (χ0n) is 5.76. The summed E-state index contributed by atoms with van der Waals surface area (Å²) in [5, 5.41) is 0.536. The summed E-state index contributed by atoms with van der Waals surface area (Å²) < 4.78 is 1.82. The van der Waals surface area contributed by atoms with Gasteiger partial charge in [0.05, 0.1) is 0 Å². The highest BCUT2D eigenvalue weighted by Crippen LogP contribution is 2.23. The molecule has 0 aromatic rings. The molecule has 1 heterocycles. The highest BCUT2D eigenvalue weighted by Gasteiger charge is 2.24. The molecule has 0 aromatic carbocycles. The van der Waals surface area contributed by atoms with E-state index in [0.717, 1.165) is 13.0 Å². The van der Waals surface area contributed by atoms with E-state index in [9.17, 15) is 4.79 Å². The molecule has 1 amide bonds. The molecule has 1 aliphatic rings. The quantitative estimate of drug-likeness (QED) is 0.431. The van der Waals surface area contributed by atoms with E-state index in [1.54, 1.807) is 11.9 Å². The van der Waals surface area contributed by atoms with Gasteiger partial charge in [-0.15, -0.1) is 0 Å². The van der Waals surface area contributed by atoms with Gasteiger partial charge in [-0.2, -0.15) is 0 Å². The van der Waals surface area contributed by atoms with Crippen LogP contribution >= 0.6 is 11.9 Å². The average Bonchev–Trinajstić information content (AvgIpc) is 1.79. The Morgan fingerprint density at radius 3 is 2.44 bits per heavy atom. The minimum atomic E-state index is 0.286. The van der Waals surface area contributed by atoms with Crippen LogP contribution in [0.1, 0.15) is 20.3 Å². The van der Waals surface area contributed by atoms with Gasteiger partial charge in [-0.1, -0.05) is 13.8 Å². The van der Waals surface area contributed by atoms with Crippen molar-refractivity contribution in [3.63, 3.8) is 0 Å². The van der Waals surface area contributed by atoms with E-state index >= 15 is 0 Å². The van der Waals surface area contributed by atoms with Gasteiger partial charge in [0.15, 0.2) is 0 Å². The molecular formula is C6H11NOS. The molecule has 0 atom stereocenters. The molecule has 0 unspecified atom stereocenters. The Kier molecular flexibility index (Phi) is 2.01. The molecule has 0 spiro atoms. The number of amides is 1. The maximum absolute atomic E-state index is 10.7. The van der Waals surface area contributed by atoms with Crippen molar-refractivity contribution < 1.29 is 4.79 Å². The first-order chi connectivity index (χ1) is 4.20. The van der Waals surface area contributed by atoms with E-state index in [-0.39, 0.29) is 5.91 Å². The molecule has 1 fully saturated rings. The Hall–Kier alpha value is -0.180. The molecule has 0 saturated carbocycles. The molecule has 0 aliphatic carbocycles. The third-order valence-corrected chi connectivity index (χ3v) is 2.21. The molecule has 0 N–H and O–H groups in total. The lowest BCUT2D eigenvalue weighted by molar-refractivity contribution is -0.132. The minimum Gasteiger partial charge on any atom is -0.286 e. The Morgan fingerprint density at radius 2 is 2.33 bits per heavy atom. The first-order valence-corrected chi connectivity index (χ1v) is 4.01. The van der Waals surface area contributed by atoms with Crippen LogP contribution < -0.4 is 0 Å². The van der Waals surface area contributed by atoms with Crippen LogP contribution in [0.5, 0.6) is 0 Å². The van der Waals surface area contributed by atoms with Crippen molar-refractivity contribution in [3.05, 3.63) is 0 Å². The minimum absolute atomic E-state index is 0.286. The van der Waals surface area contributed by atoms with Gasteiger partial charge in [-0.05, 0) is 11.9 Å². The molecule has 0 aromatic heterocycles. The van der Waals surface area contributed by atoms with Crippen LogP contribution in [-0.2, 0) is 4.79 Å². The molecule has 1 saturated heterocycles. The van der Waals surface area contributed by atoms with Crippen LogP contribution in [0, 0.1) is 0 Å². The van der Waals surface area contributed by atoms with Crippen molar-refractivity contribution >= 4 is 17.9 Å². The van der Waals surface area contributed by atoms with Crippen LogP contribution in [0.2, 0.25) is 0 Å². The number of hydrogen-bond acceptors (Lipinski definition) is 2. The lowest BCUT2D eigenvalue weighted by Crippen LogP contribution is -2.38. The van der Waals surface area contributed by atoms with Crippen molar-refractivity contribution in [2.24, 2.45) is 0 Å². The van der Waals surface area contributed by atoms with Gasteiger partial charge in [-0.3, -0.25) is 9.10 Å². The normalized spacial score (nSPS) is 18.6. The SMILES string of the molecule is CC(C)SN1CCC1=O. The number of rotatable bonds is 2. The van der Waals surface area contributed by atoms with Crippen molar-refractivity contribution in [1.82, 2.24) is 4.31 Å². The second-order valence-corrected chi connectivity index (χ2v) is 3.99. The fourth-order valence-corrected chi connectivity index (χ4v) is 1.57. The second-order valence-electron chi connectivity index (χ2n) is 2.40. The van der Waals surface area contributed by atoms with Gasteiger partial charge >= 0.3 is 0 Å². The second kappa shape index (κ2) is 2.60. The lowest BCUT2D eigenvalue weighted by Gasteiger charge is -2.30. The first kappa shape index (κ1) is 6.93. The summed E-state index contributed by atoms with van der Waals surface area (Å²) in [7, 11) is 0. The fraction of sp³-hybridized carbons (Fsp3) is 0.833. The fourth-order valence-electron chi connectivity index (χ4n) is 0.660. The molecule has 0 bridgehead atoms. The topological polar surface area (TPSA) is 20.3 Å². The number of nitrogens with zero attached hydrogens (tertiary/aromatic N) is 1. The Bertz CT molecular complexity index is 124. The monoisotopic (exact) mass is 145 g/mol. The van der Waals surface area contributed by atoms with Gasteiger partial charge in [0.25, 0.3) is 0 Å². The zero-order chi connectivity index (χ0) is 6.85. The largest absolute Gasteiger partial charge is 0.286 e. The van der Waals surface area contributed by atoms with E-state index in [1.807, 2.05) is 4.31 Å². The third kappa shape index (κ3) is 1.61. The molecule has 52 valence electrons. The van der Waals surface area contributed by atoms with Crippen molar-refractivity contribution in [2.45, 2.75) is 25.5 Å². The van der Waals surface area contributed by atoms with E-state index in [0.29, 0.717) is 5.25 Å². The summed E-state index contributed by atoms with van der Waals surface area (Å²) in [6.45, 7) is 5.13. The van der Waals surface area contributed by atoms with Gasteiger partial charge in [-0.25, -0.2) is 0 Å². The summed E-state index contributed by atoms with van der Waals surface area (Å²) in [5.74, 6) is 0.286. The number of carbonyl (C=O) groups is 1. The Balaban J connectivity index is 2.21. The summed E-state index contributed by atoms with van der Waals surface area (Å²) in [4.78, 5) is 10.7. The van der Waals surface area contributed by atoms with E-state index in [2.05, 4.69) is 13.8 Å². The van der Waals surface area contributed by atoms with Crippen molar-refractivity contribution in [1.29, 1.82) is 0 Å². The Labute approximate surface area is 59.7 Å².